The molecular weight excluding hydrogens is 248 g/mol. The van der Waals surface area contributed by atoms with Gasteiger partial charge in [0.1, 0.15) is 0 Å². The molecule has 2 fully saturated rings. The van der Waals surface area contributed by atoms with Crippen molar-refractivity contribution >= 4 is 12.0 Å². The van der Waals surface area contributed by atoms with Crippen LogP contribution < -0.4 is 5.32 Å². The van der Waals surface area contributed by atoms with Crippen molar-refractivity contribution in [1.29, 1.82) is 0 Å². The van der Waals surface area contributed by atoms with Crippen molar-refractivity contribution in [3.63, 3.8) is 0 Å². The van der Waals surface area contributed by atoms with Crippen molar-refractivity contribution in [2.45, 2.75) is 31.8 Å². The molecule has 4 atom stereocenters. The Morgan fingerprint density at radius 1 is 1.37 bits per heavy atom. The number of fused-ring (bicyclic) bond motifs is 2. The highest BCUT2D eigenvalue weighted by molar-refractivity contribution is 5.76. The fourth-order valence-electron chi connectivity index (χ4n) is 3.44. The summed E-state index contributed by atoms with van der Waals surface area (Å²) in [5.74, 6) is 0.861. The normalized spacial score (nSPS) is 30.1. The molecule has 2 saturated carbocycles. The molecule has 3 N–H and O–H groups in total. The van der Waals surface area contributed by atoms with Crippen LogP contribution in [0, 0.1) is 17.8 Å². The molecule has 4 unspecified atom stereocenters. The van der Waals surface area contributed by atoms with E-state index < -0.39 is 12.1 Å². The quantitative estimate of drug-likeness (QED) is 0.679. The molecular formula is C13H22N2O4. The van der Waals surface area contributed by atoms with Gasteiger partial charge >= 0.3 is 12.0 Å². The summed E-state index contributed by atoms with van der Waals surface area (Å²) < 4.78 is 0. The van der Waals surface area contributed by atoms with E-state index in [0.717, 1.165) is 18.4 Å². The largest absolute Gasteiger partial charge is 0.479 e. The highest BCUT2D eigenvalue weighted by atomic mass is 16.4. The summed E-state index contributed by atoms with van der Waals surface area (Å²) in [4.78, 5) is 23.8. The number of aliphatic hydroxyl groups excluding tert-OH is 1. The molecule has 2 rings (SSSR count). The standard InChI is InChI=1S/C13H22N2O4/c1-15(13(19)14-6-11(16)12(17)18)7-10-5-8-2-3-9(10)4-8/h8-11,16H,2-7H2,1H3,(H,14,19)(H,17,18). The Balaban J connectivity index is 1.72. The maximum Gasteiger partial charge on any atom is 0.334 e. The second-order valence-electron chi connectivity index (χ2n) is 5.86. The first-order valence-electron chi connectivity index (χ1n) is 6.87. The number of carboxylic acid groups (broad SMARTS) is 1. The fraction of sp³-hybridized carbons (Fsp3) is 0.846. The number of rotatable bonds is 5. The summed E-state index contributed by atoms with van der Waals surface area (Å²) in [6.07, 6.45) is 3.59. The van der Waals surface area contributed by atoms with E-state index in [1.54, 1.807) is 11.9 Å². The SMILES string of the molecule is CN(CC1CC2CCC1C2)C(=O)NCC(O)C(=O)O. The van der Waals surface area contributed by atoms with Crippen molar-refractivity contribution in [2.24, 2.45) is 17.8 Å². The Labute approximate surface area is 112 Å². The zero-order valence-corrected chi connectivity index (χ0v) is 11.2. The molecule has 0 spiro atoms. The molecule has 0 aliphatic heterocycles. The van der Waals surface area contributed by atoms with Crippen LogP contribution in [0.2, 0.25) is 0 Å². The van der Waals surface area contributed by atoms with Crippen LogP contribution in [0.4, 0.5) is 4.79 Å². The molecule has 0 aromatic heterocycles. The van der Waals surface area contributed by atoms with Crippen LogP contribution in [-0.2, 0) is 4.79 Å². The van der Waals surface area contributed by atoms with Gasteiger partial charge in [-0.2, -0.15) is 0 Å². The monoisotopic (exact) mass is 270 g/mol. The fourth-order valence-corrected chi connectivity index (χ4v) is 3.44. The Kier molecular flexibility index (Phi) is 4.29. The molecule has 2 bridgehead atoms. The van der Waals surface area contributed by atoms with Gasteiger partial charge in [0.05, 0.1) is 6.54 Å². The first-order valence-corrected chi connectivity index (χ1v) is 6.87. The zero-order valence-electron chi connectivity index (χ0n) is 11.2. The minimum atomic E-state index is -1.54. The maximum atomic E-state index is 11.8. The average molecular weight is 270 g/mol. The number of carboxylic acids is 1. The van der Waals surface area contributed by atoms with Gasteiger partial charge in [-0.25, -0.2) is 9.59 Å². The van der Waals surface area contributed by atoms with Crippen molar-refractivity contribution in [3.8, 4) is 0 Å². The summed E-state index contributed by atoms with van der Waals surface area (Å²) in [5, 5.41) is 20.1. The number of aliphatic carboxylic acids is 1. The molecule has 2 aliphatic carbocycles. The van der Waals surface area contributed by atoms with Gasteiger partial charge in [0.2, 0.25) is 0 Å². The lowest BCUT2D eigenvalue weighted by molar-refractivity contribution is -0.146. The van der Waals surface area contributed by atoms with Gasteiger partial charge in [-0.15, -0.1) is 0 Å². The lowest BCUT2D eigenvalue weighted by Crippen LogP contribution is -2.44. The first kappa shape index (κ1) is 14.1. The van der Waals surface area contributed by atoms with Crippen LogP contribution in [0.3, 0.4) is 0 Å². The summed E-state index contributed by atoms with van der Waals surface area (Å²) in [5.41, 5.74) is 0. The van der Waals surface area contributed by atoms with Crippen LogP contribution in [0.25, 0.3) is 0 Å². The molecule has 0 heterocycles. The van der Waals surface area contributed by atoms with Crippen molar-refractivity contribution in [3.05, 3.63) is 0 Å². The number of hydrogen-bond donors (Lipinski definition) is 3. The number of nitrogens with zero attached hydrogens (tertiary/aromatic N) is 1. The predicted molar refractivity (Wildman–Crippen MR) is 68.6 cm³/mol. The summed E-state index contributed by atoms with van der Waals surface area (Å²) in [6.45, 7) is 0.464. The van der Waals surface area contributed by atoms with E-state index in [1.165, 1.54) is 25.7 Å². The lowest BCUT2D eigenvalue weighted by Gasteiger charge is -2.27. The minimum absolute atomic E-state index is 0.255. The van der Waals surface area contributed by atoms with Gasteiger partial charge in [0, 0.05) is 13.6 Å². The van der Waals surface area contributed by atoms with Crippen LogP contribution in [0.5, 0.6) is 0 Å². The van der Waals surface area contributed by atoms with Gasteiger partial charge in [-0.3, -0.25) is 0 Å². The smallest absolute Gasteiger partial charge is 0.334 e. The van der Waals surface area contributed by atoms with Crippen molar-refractivity contribution in [1.82, 2.24) is 10.2 Å². The summed E-state index contributed by atoms with van der Waals surface area (Å²) >= 11 is 0. The van der Waals surface area contributed by atoms with E-state index in [1.807, 2.05) is 0 Å². The Bertz CT molecular complexity index is 361. The Morgan fingerprint density at radius 2 is 2.11 bits per heavy atom. The van der Waals surface area contributed by atoms with Gasteiger partial charge < -0.3 is 20.4 Å². The van der Waals surface area contributed by atoms with Gasteiger partial charge in [-0.1, -0.05) is 6.42 Å². The molecule has 2 amide bonds. The van der Waals surface area contributed by atoms with E-state index in [2.05, 4.69) is 5.32 Å². The number of hydrogen-bond acceptors (Lipinski definition) is 3. The number of aliphatic hydroxyl groups is 1. The number of carbonyl (C=O) groups excluding carboxylic acids is 1. The second kappa shape index (κ2) is 5.77. The average Bonchev–Trinajstić information content (AvgIpc) is 2.97. The molecule has 0 radical (unpaired) electrons. The number of amides is 2. The summed E-state index contributed by atoms with van der Waals surface area (Å²) in [7, 11) is 1.72. The predicted octanol–water partition coefficient (Wildman–Crippen LogP) is 0.509. The third kappa shape index (κ3) is 3.37. The zero-order chi connectivity index (χ0) is 14.0. The second-order valence-corrected chi connectivity index (χ2v) is 5.86. The van der Waals surface area contributed by atoms with Gasteiger partial charge in [-0.05, 0) is 37.0 Å². The Hall–Kier alpha value is -1.30. The highest BCUT2D eigenvalue weighted by Crippen LogP contribution is 2.48. The number of urea groups is 1. The molecule has 6 nitrogen and oxygen atoms in total. The number of nitrogens with one attached hydrogen (secondary N) is 1. The third-order valence-electron chi connectivity index (χ3n) is 4.47. The van der Waals surface area contributed by atoms with Crippen LogP contribution in [0.1, 0.15) is 25.7 Å². The van der Waals surface area contributed by atoms with E-state index in [9.17, 15) is 9.59 Å². The van der Waals surface area contributed by atoms with Crippen LogP contribution >= 0.6 is 0 Å². The maximum absolute atomic E-state index is 11.8. The third-order valence-corrected chi connectivity index (χ3v) is 4.47. The van der Waals surface area contributed by atoms with Crippen molar-refractivity contribution < 1.29 is 19.8 Å². The lowest BCUT2D eigenvalue weighted by atomic mass is 9.88. The Morgan fingerprint density at radius 3 is 2.63 bits per heavy atom. The molecule has 2 aliphatic rings. The van der Waals surface area contributed by atoms with Crippen LogP contribution in [-0.4, -0.2) is 53.4 Å². The van der Waals surface area contributed by atoms with Crippen molar-refractivity contribution in [2.75, 3.05) is 20.1 Å². The van der Waals surface area contributed by atoms with Gasteiger partial charge in [0.25, 0.3) is 0 Å². The topological polar surface area (TPSA) is 89.9 Å². The number of carbonyl (C=O) groups is 2. The molecule has 19 heavy (non-hydrogen) atoms. The van der Waals surface area contributed by atoms with E-state index in [-0.39, 0.29) is 12.6 Å². The van der Waals surface area contributed by atoms with Crippen LogP contribution in [0.15, 0.2) is 0 Å². The minimum Gasteiger partial charge on any atom is -0.479 e. The molecule has 108 valence electrons. The van der Waals surface area contributed by atoms with E-state index in [4.69, 9.17) is 10.2 Å². The molecule has 6 heteroatoms. The van der Waals surface area contributed by atoms with E-state index in [0.29, 0.717) is 5.92 Å². The molecule has 0 aromatic rings. The van der Waals surface area contributed by atoms with Gasteiger partial charge in [0.15, 0.2) is 6.10 Å². The molecule has 0 aromatic carbocycles. The highest BCUT2D eigenvalue weighted by Gasteiger charge is 2.40. The van der Waals surface area contributed by atoms with E-state index >= 15 is 0 Å². The summed E-state index contributed by atoms with van der Waals surface area (Å²) in [6, 6.07) is -0.317. The molecule has 0 saturated heterocycles. The first-order chi connectivity index (χ1) is 8.97.